The third kappa shape index (κ3) is 5.35. The summed E-state index contributed by atoms with van der Waals surface area (Å²) in [6.07, 6.45) is 0. The average molecular weight is 729 g/mol. The van der Waals surface area contributed by atoms with Gasteiger partial charge in [0.05, 0.1) is 11.4 Å². The Kier molecular flexibility index (Phi) is 7.61. The molecule has 1 aliphatic rings. The van der Waals surface area contributed by atoms with E-state index in [1.165, 1.54) is 27.8 Å². The fourth-order valence-corrected chi connectivity index (χ4v) is 8.94. The van der Waals surface area contributed by atoms with Crippen molar-refractivity contribution in [1.82, 2.24) is 9.97 Å². The summed E-state index contributed by atoms with van der Waals surface area (Å²) in [7, 11) is 0. The summed E-state index contributed by atoms with van der Waals surface area (Å²) in [5.74, 6) is 0.690. The van der Waals surface area contributed by atoms with E-state index in [-0.39, 0.29) is 5.41 Å². The van der Waals surface area contributed by atoms with E-state index in [1.54, 1.807) is 0 Å². The summed E-state index contributed by atoms with van der Waals surface area (Å²) in [5, 5.41) is 2.25. The predicted octanol–water partition coefficient (Wildman–Crippen LogP) is 14.0. The molecule has 0 amide bonds. The maximum absolute atomic E-state index is 6.38. The lowest BCUT2D eigenvalue weighted by Gasteiger charge is -2.28. The normalized spacial score (nSPS) is 14.5. The van der Waals surface area contributed by atoms with Crippen molar-refractivity contribution < 1.29 is 4.42 Å². The van der Waals surface area contributed by atoms with Crippen LogP contribution in [0, 0.1) is 0 Å². The van der Waals surface area contributed by atoms with E-state index in [4.69, 9.17) is 14.4 Å². The number of benzene rings is 8. The van der Waals surface area contributed by atoms with Gasteiger partial charge in [0.15, 0.2) is 5.82 Å². The van der Waals surface area contributed by atoms with Crippen LogP contribution in [-0.4, -0.2) is 9.97 Å². The molecule has 0 aliphatic heterocycles. The minimum Gasteiger partial charge on any atom is -0.455 e. The smallest absolute Gasteiger partial charge is 0.160 e. The summed E-state index contributed by atoms with van der Waals surface area (Å²) in [6, 6.07) is 71.0. The Hall–Kier alpha value is -7.36. The summed E-state index contributed by atoms with van der Waals surface area (Å²) >= 11 is 0. The van der Waals surface area contributed by atoms with Gasteiger partial charge in [-0.3, -0.25) is 0 Å². The number of nitrogens with zero attached hydrogens (tertiary/aromatic N) is 2. The fraction of sp³-hybridized carbons (Fsp3) is 0.0370. The Morgan fingerprint density at radius 3 is 1.81 bits per heavy atom. The zero-order valence-electron chi connectivity index (χ0n) is 31.4. The van der Waals surface area contributed by atoms with E-state index in [0.717, 1.165) is 72.3 Å². The molecule has 0 spiro atoms. The number of hydrogen-bond acceptors (Lipinski definition) is 3. The van der Waals surface area contributed by atoms with Gasteiger partial charge >= 0.3 is 0 Å². The summed E-state index contributed by atoms with van der Waals surface area (Å²) in [5.41, 5.74) is 17.3. The van der Waals surface area contributed by atoms with Crippen LogP contribution >= 0.6 is 0 Å². The lowest BCUT2D eigenvalue weighted by atomic mass is 9.74. The second kappa shape index (κ2) is 13.1. The third-order valence-corrected chi connectivity index (χ3v) is 11.8. The fourth-order valence-electron chi connectivity index (χ4n) is 8.94. The SMILES string of the molecule is CC1(c2ccccc2)c2ccccc2-c2ccc(-c3ccccc3-c3cc(-c4ccc(-c5cccc6c5oc5ccccc56)cc4)nc(-c4ccccc4)n3)cc21. The van der Waals surface area contributed by atoms with Crippen molar-refractivity contribution in [2.75, 3.05) is 0 Å². The van der Waals surface area contributed by atoms with Gasteiger partial charge in [0, 0.05) is 38.4 Å². The molecule has 1 aliphatic carbocycles. The number of rotatable bonds is 6. The van der Waals surface area contributed by atoms with E-state index in [0.29, 0.717) is 5.82 Å². The molecule has 0 radical (unpaired) electrons. The molecule has 11 rings (SSSR count). The standard InChI is InChI=1S/C54H36N2O/c1-54(39-17-6-3-7-18-39)47-25-12-10-20-42(47)43-32-31-38(33-48(43)54)40-19-8-9-21-44(40)50-34-49(55-53(56-50)37-15-4-2-5-16-37)36-29-27-35(28-30-36)41-23-14-24-46-45-22-11-13-26-51(45)57-52(41)46/h2-34H,1H3. The Bertz CT molecular complexity index is 3130. The number of aromatic nitrogens is 2. The highest BCUT2D eigenvalue weighted by atomic mass is 16.3. The second-order valence-electron chi connectivity index (χ2n) is 15.0. The van der Waals surface area contributed by atoms with E-state index >= 15 is 0 Å². The topological polar surface area (TPSA) is 38.9 Å². The first-order valence-electron chi connectivity index (χ1n) is 19.5. The van der Waals surface area contributed by atoms with Crippen molar-refractivity contribution in [3.63, 3.8) is 0 Å². The van der Waals surface area contributed by atoms with Gasteiger partial charge in [-0.15, -0.1) is 0 Å². The van der Waals surface area contributed by atoms with Crippen LogP contribution in [0.5, 0.6) is 0 Å². The maximum atomic E-state index is 6.38. The molecule has 3 heteroatoms. The minimum absolute atomic E-state index is 0.289. The van der Waals surface area contributed by atoms with Crippen LogP contribution in [0.25, 0.3) is 89.2 Å². The number of fused-ring (bicyclic) bond motifs is 6. The molecular weight excluding hydrogens is 693 g/mol. The molecule has 268 valence electrons. The van der Waals surface area contributed by atoms with Crippen LogP contribution in [0.2, 0.25) is 0 Å². The molecule has 0 fully saturated rings. The van der Waals surface area contributed by atoms with Gasteiger partial charge < -0.3 is 4.42 Å². The summed E-state index contributed by atoms with van der Waals surface area (Å²) in [4.78, 5) is 10.4. The highest BCUT2D eigenvalue weighted by Gasteiger charge is 2.40. The van der Waals surface area contributed by atoms with Crippen molar-refractivity contribution in [3.8, 4) is 67.3 Å². The molecular formula is C54H36N2O. The molecule has 1 atom stereocenters. The minimum atomic E-state index is -0.289. The van der Waals surface area contributed by atoms with Crippen LogP contribution in [0.1, 0.15) is 23.6 Å². The van der Waals surface area contributed by atoms with Crippen LogP contribution in [0.3, 0.4) is 0 Å². The van der Waals surface area contributed by atoms with Gasteiger partial charge in [-0.25, -0.2) is 9.97 Å². The Labute approximate surface area is 331 Å². The Morgan fingerprint density at radius 1 is 0.386 bits per heavy atom. The van der Waals surface area contributed by atoms with E-state index in [1.807, 2.05) is 30.3 Å². The molecule has 1 unspecified atom stereocenters. The summed E-state index contributed by atoms with van der Waals surface area (Å²) < 4.78 is 6.38. The molecule has 57 heavy (non-hydrogen) atoms. The first-order chi connectivity index (χ1) is 28.1. The highest BCUT2D eigenvalue weighted by Crippen LogP contribution is 2.53. The maximum Gasteiger partial charge on any atom is 0.160 e. The number of furan rings is 1. The van der Waals surface area contributed by atoms with Crippen LogP contribution in [0.15, 0.2) is 205 Å². The first kappa shape index (κ1) is 33.0. The Morgan fingerprint density at radius 2 is 0.982 bits per heavy atom. The van der Waals surface area contributed by atoms with E-state index in [2.05, 4.69) is 177 Å². The van der Waals surface area contributed by atoms with Crippen LogP contribution in [0.4, 0.5) is 0 Å². The molecule has 0 saturated carbocycles. The van der Waals surface area contributed by atoms with Crippen molar-refractivity contribution >= 4 is 21.9 Å². The average Bonchev–Trinajstić information content (AvgIpc) is 3.80. The zero-order chi connectivity index (χ0) is 37.9. The monoisotopic (exact) mass is 728 g/mol. The van der Waals surface area contributed by atoms with Crippen molar-refractivity contribution in [1.29, 1.82) is 0 Å². The molecule has 2 aromatic heterocycles. The molecule has 0 saturated heterocycles. The van der Waals surface area contributed by atoms with E-state index < -0.39 is 0 Å². The molecule has 3 nitrogen and oxygen atoms in total. The molecule has 2 heterocycles. The van der Waals surface area contributed by atoms with E-state index in [9.17, 15) is 0 Å². The van der Waals surface area contributed by atoms with Gasteiger partial charge in [-0.1, -0.05) is 182 Å². The largest absolute Gasteiger partial charge is 0.455 e. The highest BCUT2D eigenvalue weighted by molar-refractivity contribution is 6.09. The summed E-state index contributed by atoms with van der Waals surface area (Å²) in [6.45, 7) is 2.37. The van der Waals surface area contributed by atoms with Gasteiger partial charge in [0.2, 0.25) is 0 Å². The van der Waals surface area contributed by atoms with Gasteiger partial charge in [0.25, 0.3) is 0 Å². The van der Waals surface area contributed by atoms with Crippen molar-refractivity contribution in [2.45, 2.75) is 12.3 Å². The first-order valence-corrected chi connectivity index (χ1v) is 19.5. The molecule has 8 aromatic carbocycles. The quantitative estimate of drug-likeness (QED) is 0.171. The molecule has 0 N–H and O–H groups in total. The van der Waals surface area contributed by atoms with Gasteiger partial charge in [-0.2, -0.15) is 0 Å². The van der Waals surface area contributed by atoms with Crippen LogP contribution < -0.4 is 0 Å². The van der Waals surface area contributed by atoms with Crippen molar-refractivity contribution in [2.24, 2.45) is 0 Å². The lowest BCUT2D eigenvalue weighted by molar-refractivity contribution is 0.670. The number of hydrogen-bond donors (Lipinski definition) is 0. The van der Waals surface area contributed by atoms with Gasteiger partial charge in [-0.05, 0) is 69.6 Å². The number of para-hydroxylation sites is 2. The molecule has 0 bridgehead atoms. The third-order valence-electron chi connectivity index (χ3n) is 11.8. The predicted molar refractivity (Wildman–Crippen MR) is 234 cm³/mol. The Balaban J connectivity index is 1.04. The molecule has 10 aromatic rings. The lowest BCUT2D eigenvalue weighted by Crippen LogP contribution is -2.22. The van der Waals surface area contributed by atoms with Crippen molar-refractivity contribution in [3.05, 3.63) is 217 Å². The zero-order valence-corrected chi connectivity index (χ0v) is 31.4. The van der Waals surface area contributed by atoms with Crippen LogP contribution in [-0.2, 0) is 5.41 Å². The second-order valence-corrected chi connectivity index (χ2v) is 15.0. The van der Waals surface area contributed by atoms with Gasteiger partial charge in [0.1, 0.15) is 11.2 Å².